The lowest BCUT2D eigenvalue weighted by Gasteiger charge is -2.03. The van der Waals surface area contributed by atoms with Crippen molar-refractivity contribution >= 4 is 11.9 Å². The first-order valence-electron chi connectivity index (χ1n) is 6.59. The second-order valence-corrected chi connectivity index (χ2v) is 4.13. The predicted octanol–water partition coefficient (Wildman–Crippen LogP) is 3.01. The fourth-order valence-corrected chi connectivity index (χ4v) is 1.48. The van der Waals surface area contributed by atoms with Gasteiger partial charge < -0.3 is 9.47 Å². The maximum atomic E-state index is 11.0. The molecule has 0 aromatic carbocycles. The van der Waals surface area contributed by atoms with Crippen molar-refractivity contribution in [2.24, 2.45) is 0 Å². The fourth-order valence-electron chi connectivity index (χ4n) is 1.48. The molecule has 0 aromatic rings. The molecule has 0 bridgehead atoms. The van der Waals surface area contributed by atoms with Gasteiger partial charge in [-0.15, -0.1) is 0 Å². The summed E-state index contributed by atoms with van der Waals surface area (Å²) in [7, 11) is 0. The van der Waals surface area contributed by atoms with Gasteiger partial charge >= 0.3 is 11.9 Å². The zero-order valence-corrected chi connectivity index (χ0v) is 11.4. The van der Waals surface area contributed by atoms with E-state index in [0.717, 1.165) is 38.5 Å². The quantitative estimate of drug-likeness (QED) is 0.342. The lowest BCUT2D eigenvalue weighted by molar-refractivity contribution is -0.141. The van der Waals surface area contributed by atoms with Crippen LogP contribution in [0.3, 0.4) is 0 Å². The Balaban J connectivity index is 3.12. The Bertz CT molecular complexity index is 259. The van der Waals surface area contributed by atoms with E-state index in [1.54, 1.807) is 13.0 Å². The van der Waals surface area contributed by atoms with Gasteiger partial charge in [-0.25, -0.2) is 4.79 Å². The third-order valence-corrected chi connectivity index (χ3v) is 2.39. The molecule has 0 N–H and O–H groups in total. The van der Waals surface area contributed by atoms with Crippen LogP contribution in [0.15, 0.2) is 12.2 Å². The first-order chi connectivity index (χ1) is 8.66. The molecule has 0 rings (SSSR count). The summed E-state index contributed by atoms with van der Waals surface area (Å²) in [6.07, 6.45) is 9.33. The third kappa shape index (κ3) is 12.7. The van der Waals surface area contributed by atoms with E-state index >= 15 is 0 Å². The minimum atomic E-state index is -0.265. The Kier molecular flexibility index (Phi) is 11.3. The molecule has 0 saturated carbocycles. The molecule has 0 aliphatic rings. The summed E-state index contributed by atoms with van der Waals surface area (Å²) in [6.45, 7) is 4.24. The normalized spacial score (nSPS) is 10.6. The highest BCUT2D eigenvalue weighted by Gasteiger charge is 1.96. The summed E-state index contributed by atoms with van der Waals surface area (Å²) in [5, 5.41) is 0. The van der Waals surface area contributed by atoms with Crippen molar-refractivity contribution in [3.63, 3.8) is 0 Å². The van der Waals surface area contributed by atoms with Gasteiger partial charge in [-0.1, -0.05) is 31.8 Å². The summed E-state index contributed by atoms with van der Waals surface area (Å²) in [5.74, 6) is -0.475. The molecule has 0 aromatic heterocycles. The lowest BCUT2D eigenvalue weighted by Crippen LogP contribution is -2.02. The number of unbranched alkanes of at least 4 members (excludes halogenated alkanes) is 5. The largest absolute Gasteiger partial charge is 0.466 e. The molecule has 0 heterocycles. The second kappa shape index (κ2) is 12.1. The van der Waals surface area contributed by atoms with Crippen LogP contribution in [0.2, 0.25) is 0 Å². The van der Waals surface area contributed by atoms with Crippen LogP contribution in [0, 0.1) is 0 Å². The average molecular weight is 256 g/mol. The number of hydrogen-bond acceptors (Lipinski definition) is 4. The van der Waals surface area contributed by atoms with Gasteiger partial charge in [0.1, 0.15) is 0 Å². The molecular weight excluding hydrogens is 232 g/mol. The van der Waals surface area contributed by atoms with Gasteiger partial charge in [0.05, 0.1) is 13.2 Å². The number of hydrogen-bond donors (Lipinski definition) is 0. The Labute approximate surface area is 109 Å². The molecule has 0 radical (unpaired) electrons. The van der Waals surface area contributed by atoms with Crippen LogP contribution in [0.4, 0.5) is 0 Å². The van der Waals surface area contributed by atoms with Gasteiger partial charge in [0.15, 0.2) is 0 Å². The van der Waals surface area contributed by atoms with Gasteiger partial charge in [0.2, 0.25) is 0 Å². The van der Waals surface area contributed by atoms with Crippen LogP contribution in [-0.2, 0) is 19.1 Å². The molecule has 104 valence electrons. The molecular formula is C14H24O4. The molecule has 0 aliphatic carbocycles. The lowest BCUT2D eigenvalue weighted by atomic mass is 10.1. The van der Waals surface area contributed by atoms with Gasteiger partial charge in [-0.3, -0.25) is 4.79 Å². The van der Waals surface area contributed by atoms with E-state index in [9.17, 15) is 9.59 Å². The van der Waals surface area contributed by atoms with E-state index in [1.165, 1.54) is 13.0 Å². The molecule has 18 heavy (non-hydrogen) atoms. The molecule has 0 saturated heterocycles. The summed E-state index contributed by atoms with van der Waals surface area (Å²) in [6, 6.07) is 0. The van der Waals surface area contributed by atoms with Crippen molar-refractivity contribution in [3.05, 3.63) is 12.2 Å². The van der Waals surface area contributed by atoms with Crippen molar-refractivity contribution < 1.29 is 19.1 Å². The van der Waals surface area contributed by atoms with Crippen molar-refractivity contribution in [1.82, 2.24) is 0 Å². The highest BCUT2D eigenvalue weighted by Crippen LogP contribution is 2.05. The first kappa shape index (κ1) is 16.7. The predicted molar refractivity (Wildman–Crippen MR) is 70.1 cm³/mol. The SMILES string of the molecule is C/C=C/C(=O)OCCCCCCCCOC(C)=O. The van der Waals surface area contributed by atoms with Crippen molar-refractivity contribution in [2.45, 2.75) is 52.4 Å². The zero-order valence-electron chi connectivity index (χ0n) is 11.4. The van der Waals surface area contributed by atoms with E-state index in [4.69, 9.17) is 9.47 Å². The Morgan fingerprint density at radius 2 is 1.39 bits per heavy atom. The Morgan fingerprint density at radius 3 is 1.89 bits per heavy atom. The van der Waals surface area contributed by atoms with Crippen LogP contribution in [0.5, 0.6) is 0 Å². The van der Waals surface area contributed by atoms with E-state index in [0.29, 0.717) is 13.2 Å². The van der Waals surface area contributed by atoms with E-state index in [2.05, 4.69) is 0 Å². The minimum Gasteiger partial charge on any atom is -0.466 e. The van der Waals surface area contributed by atoms with Crippen LogP contribution in [-0.4, -0.2) is 25.2 Å². The number of carbonyl (C=O) groups is 2. The number of allylic oxidation sites excluding steroid dienone is 1. The topological polar surface area (TPSA) is 52.6 Å². The minimum absolute atomic E-state index is 0.210. The monoisotopic (exact) mass is 256 g/mol. The highest BCUT2D eigenvalue weighted by molar-refractivity contribution is 5.81. The summed E-state index contributed by atoms with van der Waals surface area (Å²) >= 11 is 0. The van der Waals surface area contributed by atoms with Gasteiger partial charge in [-0.2, -0.15) is 0 Å². The average Bonchev–Trinajstić information content (AvgIpc) is 2.31. The van der Waals surface area contributed by atoms with Crippen molar-refractivity contribution in [3.8, 4) is 0 Å². The van der Waals surface area contributed by atoms with E-state index < -0.39 is 0 Å². The summed E-state index contributed by atoms with van der Waals surface area (Å²) in [5.41, 5.74) is 0. The zero-order chi connectivity index (χ0) is 13.6. The standard InChI is InChI=1S/C14H24O4/c1-3-10-14(16)18-12-9-7-5-4-6-8-11-17-13(2)15/h3,10H,4-9,11-12H2,1-2H3/b10-3+. The molecule has 0 amide bonds. The van der Waals surface area contributed by atoms with Gasteiger partial charge in [0, 0.05) is 13.0 Å². The van der Waals surface area contributed by atoms with Crippen LogP contribution in [0.25, 0.3) is 0 Å². The number of rotatable bonds is 10. The smallest absolute Gasteiger partial charge is 0.330 e. The van der Waals surface area contributed by atoms with Crippen molar-refractivity contribution in [1.29, 1.82) is 0 Å². The fraction of sp³-hybridized carbons (Fsp3) is 0.714. The number of carbonyl (C=O) groups excluding carboxylic acids is 2. The summed E-state index contributed by atoms with van der Waals surface area (Å²) < 4.78 is 9.80. The molecule has 0 atom stereocenters. The van der Waals surface area contributed by atoms with Crippen LogP contribution < -0.4 is 0 Å². The molecule has 0 unspecified atom stereocenters. The second-order valence-electron chi connectivity index (χ2n) is 4.13. The maximum absolute atomic E-state index is 11.0. The number of esters is 2. The Morgan fingerprint density at radius 1 is 0.889 bits per heavy atom. The van der Waals surface area contributed by atoms with E-state index in [-0.39, 0.29) is 11.9 Å². The highest BCUT2D eigenvalue weighted by atomic mass is 16.5. The molecule has 0 aliphatic heterocycles. The maximum Gasteiger partial charge on any atom is 0.330 e. The van der Waals surface area contributed by atoms with Crippen molar-refractivity contribution in [2.75, 3.05) is 13.2 Å². The molecule has 4 heteroatoms. The Hall–Kier alpha value is -1.32. The van der Waals surface area contributed by atoms with Gasteiger partial charge in [0.25, 0.3) is 0 Å². The molecule has 0 spiro atoms. The first-order valence-corrected chi connectivity index (χ1v) is 6.59. The molecule has 0 fully saturated rings. The van der Waals surface area contributed by atoms with Crippen LogP contribution >= 0.6 is 0 Å². The third-order valence-electron chi connectivity index (χ3n) is 2.39. The summed E-state index contributed by atoms with van der Waals surface area (Å²) in [4.78, 5) is 21.4. The molecule has 4 nitrogen and oxygen atoms in total. The van der Waals surface area contributed by atoms with Crippen LogP contribution in [0.1, 0.15) is 52.4 Å². The number of ether oxygens (including phenoxy) is 2. The van der Waals surface area contributed by atoms with Gasteiger partial charge in [-0.05, 0) is 19.8 Å². The van der Waals surface area contributed by atoms with E-state index in [1.807, 2.05) is 0 Å².